The molecule has 0 radical (unpaired) electrons. The number of carbonyl (C=O) groups excluding carboxylic acids is 1. The van der Waals surface area contributed by atoms with Crippen molar-refractivity contribution in [2.45, 2.75) is 44.4 Å². The molecule has 3 rings (SSSR count). The van der Waals surface area contributed by atoms with Crippen LogP contribution in [0.4, 0.5) is 0 Å². The number of carbonyl (C=O) groups is 1. The zero-order chi connectivity index (χ0) is 16.8. The van der Waals surface area contributed by atoms with E-state index in [0.717, 1.165) is 51.9 Å². The maximum absolute atomic E-state index is 12.5. The summed E-state index contributed by atoms with van der Waals surface area (Å²) in [6, 6.07) is 8.61. The lowest BCUT2D eigenvalue weighted by atomic mass is 9.79. The molecule has 1 atom stereocenters. The van der Waals surface area contributed by atoms with Crippen LogP contribution in [0.3, 0.4) is 0 Å². The van der Waals surface area contributed by atoms with Crippen LogP contribution in [0, 0.1) is 5.41 Å². The minimum absolute atomic E-state index is 0. The number of piperidine rings is 1. The maximum Gasteiger partial charge on any atom is 0.220 e. The topological polar surface area (TPSA) is 50.4 Å². The van der Waals surface area contributed by atoms with E-state index >= 15 is 0 Å². The fourth-order valence-electron chi connectivity index (χ4n) is 4.28. The van der Waals surface area contributed by atoms with E-state index in [4.69, 9.17) is 4.74 Å². The van der Waals surface area contributed by atoms with E-state index in [9.17, 15) is 4.79 Å². The summed E-state index contributed by atoms with van der Waals surface area (Å²) in [7, 11) is 1.75. The van der Waals surface area contributed by atoms with Gasteiger partial charge in [-0.25, -0.2) is 0 Å². The van der Waals surface area contributed by atoms with Gasteiger partial charge in [0.2, 0.25) is 5.91 Å². The Hall–Kier alpha value is -1.10. The predicted octanol–water partition coefficient (Wildman–Crippen LogP) is 3.05. The highest BCUT2D eigenvalue weighted by Gasteiger charge is 2.33. The molecule has 0 saturated carbocycles. The Kier molecular flexibility index (Phi) is 7.73. The van der Waals surface area contributed by atoms with E-state index in [1.165, 1.54) is 17.5 Å². The van der Waals surface area contributed by atoms with Gasteiger partial charge in [0.05, 0.1) is 6.61 Å². The number of halogens is 1. The van der Waals surface area contributed by atoms with Crippen LogP contribution in [0.5, 0.6) is 0 Å². The van der Waals surface area contributed by atoms with Gasteiger partial charge >= 0.3 is 0 Å². The van der Waals surface area contributed by atoms with Crippen LogP contribution in [0.25, 0.3) is 0 Å². The Bertz CT molecular complexity index is 553. The number of aryl methyl sites for hydroxylation is 1. The Morgan fingerprint density at radius 1 is 1.32 bits per heavy atom. The molecule has 0 bridgehead atoms. The maximum atomic E-state index is 12.5. The number of hydrogen-bond donors (Lipinski definition) is 2. The molecule has 25 heavy (non-hydrogen) atoms. The lowest BCUT2D eigenvalue weighted by Crippen LogP contribution is -2.47. The summed E-state index contributed by atoms with van der Waals surface area (Å²) in [6.45, 7) is 3.47. The van der Waals surface area contributed by atoms with Crippen molar-refractivity contribution < 1.29 is 9.53 Å². The average Bonchev–Trinajstić information content (AvgIpc) is 2.62. The highest BCUT2D eigenvalue weighted by molar-refractivity contribution is 5.85. The van der Waals surface area contributed by atoms with Gasteiger partial charge in [-0.3, -0.25) is 4.79 Å². The molecule has 1 amide bonds. The molecule has 1 aromatic carbocycles. The molecule has 140 valence electrons. The van der Waals surface area contributed by atoms with Crippen molar-refractivity contribution in [3.8, 4) is 0 Å². The standard InChI is InChI=1S/C20H30N2O2.ClH/c1-24-15-20(9-11-21-12-10-20)14-22-19(23)13-17-7-4-6-16-5-2-3-8-18(16)17;/h2-3,5,8,17,21H,4,6-7,9-15H2,1H3,(H,22,23);1H. The number of rotatable bonds is 6. The molecule has 1 unspecified atom stereocenters. The van der Waals surface area contributed by atoms with Gasteiger partial charge in [-0.2, -0.15) is 0 Å². The quantitative estimate of drug-likeness (QED) is 0.813. The van der Waals surface area contributed by atoms with Crippen molar-refractivity contribution in [2.24, 2.45) is 5.41 Å². The molecule has 0 spiro atoms. The van der Waals surface area contributed by atoms with Gasteiger partial charge in [0, 0.05) is 25.5 Å². The number of fused-ring (bicyclic) bond motifs is 1. The Morgan fingerprint density at radius 3 is 2.84 bits per heavy atom. The lowest BCUT2D eigenvalue weighted by Gasteiger charge is -2.37. The van der Waals surface area contributed by atoms with E-state index in [1.54, 1.807) is 7.11 Å². The molecule has 1 aromatic rings. The van der Waals surface area contributed by atoms with Crippen molar-refractivity contribution in [3.63, 3.8) is 0 Å². The molecule has 2 N–H and O–H groups in total. The molecule has 1 aliphatic carbocycles. The van der Waals surface area contributed by atoms with E-state index in [-0.39, 0.29) is 23.7 Å². The van der Waals surface area contributed by atoms with Gasteiger partial charge < -0.3 is 15.4 Å². The third-order valence-electron chi connectivity index (χ3n) is 5.70. The van der Waals surface area contributed by atoms with Gasteiger partial charge in [0.15, 0.2) is 0 Å². The molecule has 4 nitrogen and oxygen atoms in total. The van der Waals surface area contributed by atoms with Gasteiger partial charge in [-0.15, -0.1) is 12.4 Å². The highest BCUT2D eigenvalue weighted by atomic mass is 35.5. The Labute approximate surface area is 157 Å². The summed E-state index contributed by atoms with van der Waals surface area (Å²) >= 11 is 0. The van der Waals surface area contributed by atoms with E-state index in [1.807, 2.05) is 0 Å². The second kappa shape index (κ2) is 9.56. The van der Waals surface area contributed by atoms with Crippen molar-refractivity contribution in [3.05, 3.63) is 35.4 Å². The first-order valence-corrected chi connectivity index (χ1v) is 9.27. The number of nitrogens with one attached hydrogen (secondary N) is 2. The minimum atomic E-state index is 0. The van der Waals surface area contributed by atoms with Crippen LogP contribution in [0.1, 0.15) is 49.1 Å². The fourth-order valence-corrected chi connectivity index (χ4v) is 4.28. The summed E-state index contributed by atoms with van der Waals surface area (Å²) in [5.41, 5.74) is 2.91. The van der Waals surface area contributed by atoms with Gasteiger partial charge in [0.1, 0.15) is 0 Å². The van der Waals surface area contributed by atoms with Gasteiger partial charge in [0.25, 0.3) is 0 Å². The van der Waals surface area contributed by atoms with Gasteiger partial charge in [-0.05, 0) is 62.2 Å². The first kappa shape index (κ1) is 20.2. The first-order chi connectivity index (χ1) is 11.7. The molecule has 0 aromatic heterocycles. The van der Waals surface area contributed by atoms with Crippen molar-refractivity contribution in [1.82, 2.24) is 10.6 Å². The number of benzene rings is 1. The molecular formula is C20H31ClN2O2. The first-order valence-electron chi connectivity index (χ1n) is 9.27. The summed E-state index contributed by atoms with van der Waals surface area (Å²) < 4.78 is 5.43. The second-order valence-electron chi connectivity index (χ2n) is 7.45. The lowest BCUT2D eigenvalue weighted by molar-refractivity contribution is -0.122. The minimum Gasteiger partial charge on any atom is -0.384 e. The highest BCUT2D eigenvalue weighted by Crippen LogP contribution is 2.34. The number of amides is 1. The van der Waals surface area contributed by atoms with Crippen LogP contribution < -0.4 is 10.6 Å². The van der Waals surface area contributed by atoms with Crippen LogP contribution in [-0.4, -0.2) is 39.3 Å². The smallest absolute Gasteiger partial charge is 0.220 e. The average molecular weight is 367 g/mol. The number of hydrogen-bond acceptors (Lipinski definition) is 3. The molecule has 1 fully saturated rings. The summed E-state index contributed by atoms with van der Waals surface area (Å²) in [4.78, 5) is 12.5. The fraction of sp³-hybridized carbons (Fsp3) is 0.650. The second-order valence-corrected chi connectivity index (χ2v) is 7.45. The third-order valence-corrected chi connectivity index (χ3v) is 5.70. The van der Waals surface area contributed by atoms with Crippen molar-refractivity contribution in [1.29, 1.82) is 0 Å². The third kappa shape index (κ3) is 5.19. The van der Waals surface area contributed by atoms with Crippen LogP contribution in [-0.2, 0) is 16.0 Å². The molecule has 1 saturated heterocycles. The van der Waals surface area contributed by atoms with E-state index in [0.29, 0.717) is 12.3 Å². The number of ether oxygens (including phenoxy) is 1. The van der Waals surface area contributed by atoms with Crippen LogP contribution in [0.2, 0.25) is 0 Å². The monoisotopic (exact) mass is 366 g/mol. The summed E-state index contributed by atoms with van der Waals surface area (Å²) in [6.07, 6.45) is 6.20. The van der Waals surface area contributed by atoms with E-state index in [2.05, 4.69) is 34.9 Å². The van der Waals surface area contributed by atoms with Crippen molar-refractivity contribution >= 4 is 18.3 Å². The molecule has 5 heteroatoms. The Morgan fingerprint density at radius 2 is 2.08 bits per heavy atom. The summed E-state index contributed by atoms with van der Waals surface area (Å²) in [5.74, 6) is 0.562. The summed E-state index contributed by atoms with van der Waals surface area (Å²) in [5, 5.41) is 6.60. The molecular weight excluding hydrogens is 336 g/mol. The zero-order valence-electron chi connectivity index (χ0n) is 15.2. The van der Waals surface area contributed by atoms with Crippen LogP contribution >= 0.6 is 12.4 Å². The molecule has 1 aliphatic heterocycles. The Balaban J connectivity index is 0.00000225. The van der Waals surface area contributed by atoms with Crippen LogP contribution in [0.15, 0.2) is 24.3 Å². The molecule has 2 aliphatic rings. The molecule has 1 heterocycles. The van der Waals surface area contributed by atoms with Gasteiger partial charge in [-0.1, -0.05) is 24.3 Å². The normalized spacial score (nSPS) is 21.7. The van der Waals surface area contributed by atoms with Crippen molar-refractivity contribution in [2.75, 3.05) is 33.4 Å². The van der Waals surface area contributed by atoms with E-state index < -0.39 is 0 Å². The SMILES string of the molecule is COCC1(CNC(=O)CC2CCCc3ccccc32)CCNCC1.Cl. The predicted molar refractivity (Wildman–Crippen MR) is 103 cm³/mol. The number of methoxy groups -OCH3 is 1. The zero-order valence-corrected chi connectivity index (χ0v) is 16.0. The largest absolute Gasteiger partial charge is 0.384 e.